The Hall–Kier alpha value is -1.67. The molecular weight excluding hydrogens is 302 g/mol. The minimum atomic E-state index is -4.65. The van der Waals surface area contributed by atoms with E-state index in [1.54, 1.807) is 6.07 Å². The lowest BCUT2D eigenvalue weighted by atomic mass is 10.3. The Kier molecular flexibility index (Phi) is 4.72. The molecule has 2 rings (SSSR count). The third-order valence-electron chi connectivity index (χ3n) is 3.38. The Morgan fingerprint density at radius 1 is 1.36 bits per heavy atom. The molecule has 1 aromatic carbocycles. The molecule has 1 atom stereocenters. The highest BCUT2D eigenvalue weighted by molar-refractivity contribution is 5.76. The highest BCUT2D eigenvalue weighted by Gasteiger charge is 2.38. The molecule has 0 saturated heterocycles. The van der Waals surface area contributed by atoms with Crippen molar-refractivity contribution in [2.75, 3.05) is 13.6 Å². The van der Waals surface area contributed by atoms with Gasteiger partial charge in [-0.3, -0.25) is 4.90 Å². The molecule has 1 aromatic heterocycles. The highest BCUT2D eigenvalue weighted by atomic mass is 19.4. The summed E-state index contributed by atoms with van der Waals surface area (Å²) in [5.41, 5.74) is 1.19. The Bertz CT molecular complexity index is 653. The molecule has 4 nitrogen and oxygen atoms in total. The van der Waals surface area contributed by atoms with Crippen LogP contribution < -0.4 is 0 Å². The average molecular weight is 319 g/mol. The molecule has 1 heterocycles. The maximum Gasteiger partial charge on any atom is 0.415 e. The molecule has 0 saturated carbocycles. The number of hydrogen-bond acceptors (Lipinski definition) is 3. The summed E-state index contributed by atoms with van der Waals surface area (Å²) >= 11 is 0. The lowest BCUT2D eigenvalue weighted by Gasteiger charge is -2.22. The molecule has 22 heavy (non-hydrogen) atoms. The fourth-order valence-corrected chi connectivity index (χ4v) is 2.33. The number of benzene rings is 1. The van der Waals surface area contributed by atoms with Crippen LogP contribution >= 0.6 is 0 Å². The van der Waals surface area contributed by atoms with Crippen LogP contribution in [0.25, 0.3) is 11.0 Å². The van der Waals surface area contributed by atoms with E-state index in [9.17, 15) is 17.6 Å². The summed E-state index contributed by atoms with van der Waals surface area (Å²) in [5.74, 6) is 0.112. The maximum absolute atomic E-state index is 13.2. The van der Waals surface area contributed by atoms with Gasteiger partial charge in [-0.1, -0.05) is 0 Å². The molecule has 1 N–H and O–H groups in total. The zero-order valence-electron chi connectivity index (χ0n) is 12.2. The molecule has 0 amide bonds. The fourth-order valence-electron chi connectivity index (χ4n) is 2.33. The monoisotopic (exact) mass is 319 g/mol. The second kappa shape index (κ2) is 6.21. The van der Waals surface area contributed by atoms with Gasteiger partial charge in [-0.05, 0) is 26.1 Å². The summed E-state index contributed by atoms with van der Waals surface area (Å²) in [7, 11) is 1.47. The van der Waals surface area contributed by atoms with Gasteiger partial charge < -0.3 is 9.67 Å². The zero-order valence-corrected chi connectivity index (χ0v) is 12.2. The SMILES string of the molecule is CCn1c(CN(C)CC(O)C(F)(F)F)nc2cc(F)ccc21. The van der Waals surface area contributed by atoms with Crippen LogP contribution in [0.2, 0.25) is 0 Å². The number of aliphatic hydroxyl groups excluding tert-OH is 1. The van der Waals surface area contributed by atoms with Gasteiger partial charge in [0, 0.05) is 19.2 Å². The van der Waals surface area contributed by atoms with E-state index in [1.807, 2.05) is 11.5 Å². The highest BCUT2D eigenvalue weighted by Crippen LogP contribution is 2.22. The third kappa shape index (κ3) is 3.56. The maximum atomic E-state index is 13.2. The standard InChI is InChI=1S/C14H17F4N3O/c1-3-21-11-5-4-9(15)6-10(11)19-13(21)8-20(2)7-12(22)14(16,17)18/h4-6,12,22H,3,7-8H2,1-2H3. The topological polar surface area (TPSA) is 41.3 Å². The van der Waals surface area contributed by atoms with E-state index in [0.29, 0.717) is 17.9 Å². The van der Waals surface area contributed by atoms with E-state index < -0.39 is 24.6 Å². The van der Waals surface area contributed by atoms with Gasteiger partial charge in [0.2, 0.25) is 0 Å². The Morgan fingerprint density at radius 3 is 2.64 bits per heavy atom. The fraction of sp³-hybridized carbons (Fsp3) is 0.500. The van der Waals surface area contributed by atoms with Crippen molar-refractivity contribution in [1.82, 2.24) is 14.5 Å². The average Bonchev–Trinajstić information content (AvgIpc) is 2.73. The van der Waals surface area contributed by atoms with Crippen molar-refractivity contribution in [2.24, 2.45) is 0 Å². The first-order chi connectivity index (χ1) is 10.2. The van der Waals surface area contributed by atoms with Crippen LogP contribution in [-0.2, 0) is 13.1 Å². The summed E-state index contributed by atoms with van der Waals surface area (Å²) in [5, 5.41) is 9.09. The van der Waals surface area contributed by atoms with Crippen LogP contribution in [0.4, 0.5) is 17.6 Å². The number of alkyl halides is 3. The Morgan fingerprint density at radius 2 is 2.05 bits per heavy atom. The molecule has 0 aliphatic heterocycles. The van der Waals surface area contributed by atoms with Crippen molar-refractivity contribution in [1.29, 1.82) is 0 Å². The van der Waals surface area contributed by atoms with Crippen LogP contribution in [0.15, 0.2) is 18.2 Å². The minimum Gasteiger partial charge on any atom is -0.382 e. The smallest absolute Gasteiger partial charge is 0.382 e. The van der Waals surface area contributed by atoms with E-state index in [4.69, 9.17) is 5.11 Å². The van der Waals surface area contributed by atoms with Gasteiger partial charge in [0.05, 0.1) is 17.6 Å². The molecule has 0 radical (unpaired) electrons. The largest absolute Gasteiger partial charge is 0.415 e. The molecule has 2 aromatic rings. The lowest BCUT2D eigenvalue weighted by Crippen LogP contribution is -2.39. The van der Waals surface area contributed by atoms with Crippen molar-refractivity contribution in [3.63, 3.8) is 0 Å². The summed E-state index contributed by atoms with van der Waals surface area (Å²) in [4.78, 5) is 5.61. The van der Waals surface area contributed by atoms with Crippen molar-refractivity contribution < 1.29 is 22.7 Å². The Balaban J connectivity index is 2.20. The third-order valence-corrected chi connectivity index (χ3v) is 3.38. The number of hydrogen-bond donors (Lipinski definition) is 1. The second-order valence-corrected chi connectivity index (χ2v) is 5.16. The quantitative estimate of drug-likeness (QED) is 0.861. The normalized spacial score (nSPS) is 14.0. The van der Waals surface area contributed by atoms with Crippen molar-refractivity contribution >= 4 is 11.0 Å². The minimum absolute atomic E-state index is 0.122. The molecule has 0 aliphatic rings. The van der Waals surface area contributed by atoms with Gasteiger partial charge in [-0.25, -0.2) is 9.37 Å². The molecule has 8 heteroatoms. The zero-order chi connectivity index (χ0) is 16.5. The van der Waals surface area contributed by atoms with E-state index in [2.05, 4.69) is 4.98 Å². The predicted octanol–water partition coefficient (Wildman–Crippen LogP) is 2.55. The first-order valence-electron chi connectivity index (χ1n) is 6.80. The number of aliphatic hydroxyl groups is 1. The summed E-state index contributed by atoms with van der Waals surface area (Å²) in [6.07, 6.45) is -7.06. The van der Waals surface area contributed by atoms with E-state index in [1.165, 1.54) is 24.1 Å². The second-order valence-electron chi connectivity index (χ2n) is 5.16. The molecule has 0 bridgehead atoms. The van der Waals surface area contributed by atoms with Crippen LogP contribution in [-0.4, -0.2) is 45.4 Å². The van der Waals surface area contributed by atoms with Gasteiger partial charge in [-0.2, -0.15) is 13.2 Å². The van der Waals surface area contributed by atoms with Gasteiger partial charge in [0.15, 0.2) is 6.10 Å². The van der Waals surface area contributed by atoms with Crippen LogP contribution in [0.5, 0.6) is 0 Å². The van der Waals surface area contributed by atoms with E-state index >= 15 is 0 Å². The number of likely N-dealkylation sites (N-methyl/N-ethyl adjacent to an activating group) is 1. The lowest BCUT2D eigenvalue weighted by molar-refractivity contribution is -0.207. The van der Waals surface area contributed by atoms with Crippen LogP contribution in [0, 0.1) is 5.82 Å². The number of rotatable bonds is 5. The van der Waals surface area contributed by atoms with Crippen molar-refractivity contribution in [2.45, 2.75) is 32.3 Å². The summed E-state index contributed by atoms with van der Waals surface area (Å²) < 4.78 is 52.1. The number of nitrogens with zero attached hydrogens (tertiary/aromatic N) is 3. The van der Waals surface area contributed by atoms with Gasteiger partial charge in [0.1, 0.15) is 11.6 Å². The number of imidazole rings is 1. The van der Waals surface area contributed by atoms with E-state index in [0.717, 1.165) is 5.52 Å². The van der Waals surface area contributed by atoms with Crippen molar-refractivity contribution in [3.8, 4) is 0 Å². The molecule has 1 unspecified atom stereocenters. The molecule has 0 fully saturated rings. The summed E-state index contributed by atoms with van der Waals surface area (Å²) in [6.45, 7) is 2.01. The number of aromatic nitrogens is 2. The number of fused-ring (bicyclic) bond motifs is 1. The van der Waals surface area contributed by atoms with Crippen LogP contribution in [0.3, 0.4) is 0 Å². The van der Waals surface area contributed by atoms with Gasteiger partial charge >= 0.3 is 6.18 Å². The first kappa shape index (κ1) is 16.7. The predicted molar refractivity (Wildman–Crippen MR) is 73.8 cm³/mol. The molecular formula is C14H17F4N3O. The van der Waals surface area contributed by atoms with E-state index in [-0.39, 0.29) is 6.54 Å². The Labute approximate surface area is 125 Å². The van der Waals surface area contributed by atoms with Crippen molar-refractivity contribution in [3.05, 3.63) is 29.8 Å². The molecule has 0 spiro atoms. The van der Waals surface area contributed by atoms with Crippen LogP contribution in [0.1, 0.15) is 12.7 Å². The first-order valence-corrected chi connectivity index (χ1v) is 6.80. The molecule has 0 aliphatic carbocycles. The number of halogens is 4. The number of aryl methyl sites for hydroxylation is 1. The molecule has 122 valence electrons. The van der Waals surface area contributed by atoms with Gasteiger partial charge in [0.25, 0.3) is 0 Å². The summed E-state index contributed by atoms with van der Waals surface area (Å²) in [6, 6.07) is 4.20. The van der Waals surface area contributed by atoms with Gasteiger partial charge in [-0.15, -0.1) is 0 Å².